The predicted molar refractivity (Wildman–Crippen MR) is 66.9 cm³/mol. The number of rotatable bonds is 3. The molecule has 0 radical (unpaired) electrons. The fraction of sp³-hybridized carbons (Fsp3) is 0.500. The zero-order valence-corrected chi connectivity index (χ0v) is 10.2. The van der Waals surface area contributed by atoms with Gasteiger partial charge in [-0.05, 0) is 25.3 Å². The molecule has 0 amide bonds. The van der Waals surface area contributed by atoms with E-state index in [1.807, 2.05) is 0 Å². The van der Waals surface area contributed by atoms with E-state index in [1.165, 1.54) is 11.1 Å². The fourth-order valence-electron chi connectivity index (χ4n) is 2.28. The molecule has 0 saturated carbocycles. The Balaban J connectivity index is 2.18. The molecule has 1 atom stereocenters. The second kappa shape index (κ2) is 5.70. The topological polar surface area (TPSA) is 45.0 Å². The Kier molecular flexibility index (Phi) is 4.00. The Hall–Kier alpha value is -1.53. The summed E-state index contributed by atoms with van der Waals surface area (Å²) in [6.45, 7) is 3.61. The number of hydrogen-bond acceptors (Lipinski definition) is 3. The molecular formula is C14H18N2O. The number of nitrogens with one attached hydrogen (secondary N) is 1. The van der Waals surface area contributed by atoms with Crippen molar-refractivity contribution in [3.8, 4) is 11.8 Å². The van der Waals surface area contributed by atoms with Crippen molar-refractivity contribution in [1.29, 1.82) is 5.26 Å². The summed E-state index contributed by atoms with van der Waals surface area (Å²) in [5, 5.41) is 12.0. The van der Waals surface area contributed by atoms with Crippen LogP contribution in [0.5, 0.6) is 5.75 Å². The van der Waals surface area contributed by atoms with E-state index < -0.39 is 0 Å². The van der Waals surface area contributed by atoms with Crippen molar-refractivity contribution in [2.45, 2.75) is 32.2 Å². The monoisotopic (exact) mass is 230 g/mol. The van der Waals surface area contributed by atoms with Crippen LogP contribution in [-0.2, 0) is 0 Å². The van der Waals surface area contributed by atoms with Crippen molar-refractivity contribution in [3.63, 3.8) is 0 Å². The maximum Gasteiger partial charge on any atom is 0.126 e. The molecule has 0 spiro atoms. The first kappa shape index (κ1) is 11.9. The minimum Gasteiger partial charge on any atom is -0.493 e. The summed E-state index contributed by atoms with van der Waals surface area (Å²) in [5.41, 5.74) is 2.43. The lowest BCUT2D eigenvalue weighted by Crippen LogP contribution is -2.22. The van der Waals surface area contributed by atoms with Gasteiger partial charge in [-0.2, -0.15) is 5.26 Å². The molecule has 1 heterocycles. The van der Waals surface area contributed by atoms with Crippen LogP contribution in [-0.4, -0.2) is 13.2 Å². The van der Waals surface area contributed by atoms with E-state index in [-0.39, 0.29) is 0 Å². The van der Waals surface area contributed by atoms with E-state index in [9.17, 15) is 0 Å². The van der Waals surface area contributed by atoms with E-state index in [0.717, 1.165) is 31.7 Å². The second-order valence-corrected chi connectivity index (χ2v) is 4.40. The van der Waals surface area contributed by atoms with Crippen LogP contribution in [0.4, 0.5) is 0 Å². The standard InChI is InChI=1S/C14H18N2O/c1-11-5-2-6-12-13(16-9-4-8-15)7-3-10-17-14(11)12/h2,5-6,13,16H,3-4,7,9-10H2,1H3. The molecule has 3 heteroatoms. The molecule has 2 rings (SSSR count). The molecule has 1 unspecified atom stereocenters. The molecule has 90 valence electrons. The SMILES string of the molecule is Cc1cccc2c1OCCCC2NCCC#N. The Labute approximate surface area is 102 Å². The van der Waals surface area contributed by atoms with Gasteiger partial charge in [0.05, 0.1) is 12.7 Å². The molecule has 0 bridgehead atoms. The Bertz CT molecular complexity index is 423. The lowest BCUT2D eigenvalue weighted by atomic mass is 10.00. The molecule has 1 aliphatic heterocycles. The number of aryl methyl sites for hydroxylation is 1. The Morgan fingerprint density at radius 1 is 1.53 bits per heavy atom. The first-order chi connectivity index (χ1) is 8.33. The summed E-state index contributed by atoms with van der Waals surface area (Å²) in [7, 11) is 0. The molecule has 0 aliphatic carbocycles. The molecule has 1 aromatic rings. The number of fused-ring (bicyclic) bond motifs is 1. The Morgan fingerprint density at radius 2 is 2.41 bits per heavy atom. The molecule has 1 N–H and O–H groups in total. The number of hydrogen-bond donors (Lipinski definition) is 1. The van der Waals surface area contributed by atoms with E-state index in [0.29, 0.717) is 12.5 Å². The lowest BCUT2D eigenvalue weighted by Gasteiger charge is -2.18. The van der Waals surface area contributed by atoms with E-state index in [1.54, 1.807) is 0 Å². The quantitative estimate of drug-likeness (QED) is 0.812. The molecular weight excluding hydrogens is 212 g/mol. The van der Waals surface area contributed by atoms with Crippen molar-refractivity contribution in [3.05, 3.63) is 29.3 Å². The minimum absolute atomic E-state index is 0.320. The van der Waals surface area contributed by atoms with Gasteiger partial charge in [0, 0.05) is 24.6 Å². The van der Waals surface area contributed by atoms with Gasteiger partial charge in [0.15, 0.2) is 0 Å². The average molecular weight is 230 g/mol. The minimum atomic E-state index is 0.320. The van der Waals surface area contributed by atoms with Gasteiger partial charge in [-0.1, -0.05) is 18.2 Å². The summed E-state index contributed by atoms with van der Waals surface area (Å²) in [4.78, 5) is 0. The first-order valence-electron chi connectivity index (χ1n) is 6.15. The van der Waals surface area contributed by atoms with Gasteiger partial charge in [-0.15, -0.1) is 0 Å². The molecule has 0 aromatic heterocycles. The number of benzene rings is 1. The molecule has 17 heavy (non-hydrogen) atoms. The Morgan fingerprint density at radius 3 is 3.24 bits per heavy atom. The number of para-hydroxylation sites is 1. The van der Waals surface area contributed by atoms with Crippen LogP contribution in [0.3, 0.4) is 0 Å². The van der Waals surface area contributed by atoms with Gasteiger partial charge in [-0.25, -0.2) is 0 Å². The normalized spacial score (nSPS) is 18.7. The van der Waals surface area contributed by atoms with Gasteiger partial charge in [-0.3, -0.25) is 0 Å². The smallest absolute Gasteiger partial charge is 0.126 e. The van der Waals surface area contributed by atoms with Gasteiger partial charge in [0.1, 0.15) is 5.75 Å². The second-order valence-electron chi connectivity index (χ2n) is 4.40. The van der Waals surface area contributed by atoms with Crippen molar-refractivity contribution in [2.75, 3.05) is 13.2 Å². The molecule has 1 aromatic carbocycles. The van der Waals surface area contributed by atoms with Gasteiger partial charge in [0.2, 0.25) is 0 Å². The van der Waals surface area contributed by atoms with Crippen LogP contribution in [0.25, 0.3) is 0 Å². The van der Waals surface area contributed by atoms with Crippen molar-refractivity contribution < 1.29 is 4.74 Å². The maximum atomic E-state index is 8.58. The lowest BCUT2D eigenvalue weighted by molar-refractivity contribution is 0.313. The summed E-state index contributed by atoms with van der Waals surface area (Å²) in [6.07, 6.45) is 2.68. The number of nitriles is 1. The van der Waals surface area contributed by atoms with Crippen molar-refractivity contribution in [1.82, 2.24) is 5.32 Å². The highest BCUT2D eigenvalue weighted by Gasteiger charge is 2.19. The van der Waals surface area contributed by atoms with Gasteiger partial charge < -0.3 is 10.1 Å². The van der Waals surface area contributed by atoms with Crippen LogP contribution in [0.2, 0.25) is 0 Å². The molecule has 1 aliphatic rings. The van der Waals surface area contributed by atoms with Crippen LogP contribution < -0.4 is 10.1 Å². The third-order valence-corrected chi connectivity index (χ3v) is 3.13. The zero-order chi connectivity index (χ0) is 12.1. The highest BCUT2D eigenvalue weighted by molar-refractivity contribution is 5.43. The fourth-order valence-corrected chi connectivity index (χ4v) is 2.28. The third kappa shape index (κ3) is 2.78. The highest BCUT2D eigenvalue weighted by atomic mass is 16.5. The van der Waals surface area contributed by atoms with Gasteiger partial charge in [0.25, 0.3) is 0 Å². The van der Waals surface area contributed by atoms with Crippen LogP contribution in [0.1, 0.15) is 36.4 Å². The average Bonchev–Trinajstić information content (AvgIpc) is 2.54. The molecule has 0 fully saturated rings. The van der Waals surface area contributed by atoms with E-state index >= 15 is 0 Å². The van der Waals surface area contributed by atoms with Crippen LogP contribution >= 0.6 is 0 Å². The zero-order valence-electron chi connectivity index (χ0n) is 10.2. The summed E-state index contributed by atoms with van der Waals surface area (Å²) in [5.74, 6) is 1.03. The highest BCUT2D eigenvalue weighted by Crippen LogP contribution is 2.33. The van der Waals surface area contributed by atoms with Crippen LogP contribution in [0.15, 0.2) is 18.2 Å². The molecule has 3 nitrogen and oxygen atoms in total. The van der Waals surface area contributed by atoms with Gasteiger partial charge >= 0.3 is 0 Å². The summed E-state index contributed by atoms with van der Waals surface area (Å²) >= 11 is 0. The molecule has 0 saturated heterocycles. The predicted octanol–water partition coefficient (Wildman–Crippen LogP) is 2.71. The largest absolute Gasteiger partial charge is 0.493 e. The third-order valence-electron chi connectivity index (χ3n) is 3.13. The number of ether oxygens (including phenoxy) is 1. The van der Waals surface area contributed by atoms with Crippen molar-refractivity contribution in [2.24, 2.45) is 0 Å². The van der Waals surface area contributed by atoms with E-state index in [4.69, 9.17) is 10.00 Å². The summed E-state index contributed by atoms with van der Waals surface area (Å²) in [6, 6.07) is 8.76. The number of nitrogens with zero attached hydrogens (tertiary/aromatic N) is 1. The summed E-state index contributed by atoms with van der Waals surface area (Å²) < 4.78 is 5.81. The first-order valence-corrected chi connectivity index (χ1v) is 6.15. The van der Waals surface area contributed by atoms with Crippen LogP contribution in [0, 0.1) is 18.3 Å². The maximum absolute atomic E-state index is 8.58. The van der Waals surface area contributed by atoms with E-state index in [2.05, 4.69) is 36.5 Å². The van der Waals surface area contributed by atoms with Crippen molar-refractivity contribution >= 4 is 0 Å².